The summed E-state index contributed by atoms with van der Waals surface area (Å²) in [5, 5.41) is 0.714. The largest absolute Gasteiger partial charge is 0.462 e. The molecule has 1 unspecified atom stereocenters. The fourth-order valence-corrected chi connectivity index (χ4v) is 5.04. The summed E-state index contributed by atoms with van der Waals surface area (Å²) < 4.78 is 11.1. The molecule has 1 atom stereocenters. The Morgan fingerprint density at radius 3 is 2.58 bits per heavy atom. The molecule has 4 aromatic rings. The van der Waals surface area contributed by atoms with E-state index in [0.717, 1.165) is 22.5 Å². The van der Waals surface area contributed by atoms with Crippen LogP contribution < -0.4 is 10.3 Å². The fraction of sp³-hybridized carbons (Fsp3) is 0.200. The Morgan fingerprint density at radius 1 is 1.12 bits per heavy atom. The quantitative estimate of drug-likeness (QED) is 0.407. The average molecular weight is 461 g/mol. The van der Waals surface area contributed by atoms with Gasteiger partial charge in [-0.3, -0.25) is 14.5 Å². The molecular formula is C25H20N2O5S. The number of para-hydroxylation sites is 1. The standard InChI is InChI=1S/C25H20N2O5S/c1-4-31-24(30)22-14(3)26-25(33-22)27-19(15-11-9-13(2)10-12-15)18-20(28)16-7-5-6-8-17(16)32-21(18)23(27)29/h5-12,19H,4H2,1-3H3. The number of carbonyl (C=O) groups is 2. The van der Waals surface area contributed by atoms with Gasteiger partial charge in [-0.2, -0.15) is 0 Å². The first-order chi connectivity index (χ1) is 15.9. The summed E-state index contributed by atoms with van der Waals surface area (Å²) in [6.07, 6.45) is 0. The molecule has 7 nitrogen and oxygen atoms in total. The second-order valence-corrected chi connectivity index (χ2v) is 8.77. The molecule has 5 rings (SSSR count). The van der Waals surface area contributed by atoms with Crippen molar-refractivity contribution in [1.82, 2.24) is 4.98 Å². The molecule has 0 saturated heterocycles. The predicted octanol–water partition coefficient (Wildman–Crippen LogP) is 4.79. The van der Waals surface area contributed by atoms with Gasteiger partial charge in [0.05, 0.1) is 29.3 Å². The Bertz CT molecular complexity index is 1470. The SMILES string of the molecule is CCOC(=O)c1sc(N2C(=O)c3oc4ccccc4c(=O)c3C2c2ccc(C)cc2)nc1C. The van der Waals surface area contributed by atoms with Crippen molar-refractivity contribution in [3.05, 3.63) is 91.8 Å². The zero-order chi connectivity index (χ0) is 23.3. The fourth-order valence-electron chi connectivity index (χ4n) is 4.05. The number of fused-ring (bicyclic) bond motifs is 2. The monoisotopic (exact) mass is 460 g/mol. The maximum Gasteiger partial charge on any atom is 0.350 e. The average Bonchev–Trinajstić information content (AvgIpc) is 3.32. The van der Waals surface area contributed by atoms with Crippen LogP contribution in [0.15, 0.2) is 57.7 Å². The highest BCUT2D eigenvalue weighted by molar-refractivity contribution is 7.17. The summed E-state index contributed by atoms with van der Waals surface area (Å²) in [7, 11) is 0. The highest BCUT2D eigenvalue weighted by Crippen LogP contribution is 2.43. The van der Waals surface area contributed by atoms with Gasteiger partial charge in [-0.15, -0.1) is 0 Å². The van der Waals surface area contributed by atoms with Crippen LogP contribution in [0.25, 0.3) is 11.0 Å². The number of thiazole rings is 1. The zero-order valence-corrected chi connectivity index (χ0v) is 19.1. The third kappa shape index (κ3) is 3.34. The first kappa shape index (κ1) is 21.1. The van der Waals surface area contributed by atoms with Crippen LogP contribution in [0.2, 0.25) is 0 Å². The van der Waals surface area contributed by atoms with Gasteiger partial charge in [0.2, 0.25) is 5.76 Å². The summed E-state index contributed by atoms with van der Waals surface area (Å²) in [5.74, 6) is -0.966. The van der Waals surface area contributed by atoms with E-state index in [1.807, 2.05) is 31.2 Å². The number of esters is 1. The number of amides is 1. The van der Waals surface area contributed by atoms with Gasteiger partial charge in [0.1, 0.15) is 10.5 Å². The van der Waals surface area contributed by atoms with Crippen LogP contribution >= 0.6 is 11.3 Å². The maximum atomic E-state index is 13.6. The molecule has 0 bridgehead atoms. The van der Waals surface area contributed by atoms with Crippen molar-refractivity contribution in [2.24, 2.45) is 0 Å². The Kier molecular flexibility index (Phi) is 5.09. The molecule has 0 saturated carbocycles. The van der Waals surface area contributed by atoms with Gasteiger partial charge in [0, 0.05) is 0 Å². The number of ether oxygens (including phenoxy) is 1. The van der Waals surface area contributed by atoms with E-state index in [-0.39, 0.29) is 23.4 Å². The molecule has 0 fully saturated rings. The first-order valence-electron chi connectivity index (χ1n) is 10.5. The highest BCUT2D eigenvalue weighted by Gasteiger charge is 2.45. The lowest BCUT2D eigenvalue weighted by Gasteiger charge is -2.22. The normalized spacial score (nSPS) is 15.2. The number of aryl methyl sites for hydroxylation is 2. The van der Waals surface area contributed by atoms with E-state index < -0.39 is 17.9 Å². The molecule has 1 amide bonds. The molecule has 0 radical (unpaired) electrons. The minimum absolute atomic E-state index is 0.00480. The minimum Gasteiger partial charge on any atom is -0.462 e. The highest BCUT2D eigenvalue weighted by atomic mass is 32.1. The topological polar surface area (TPSA) is 89.7 Å². The molecule has 2 aromatic carbocycles. The molecular weight excluding hydrogens is 440 g/mol. The van der Waals surface area contributed by atoms with E-state index in [9.17, 15) is 14.4 Å². The number of hydrogen-bond donors (Lipinski definition) is 0. The molecule has 166 valence electrons. The van der Waals surface area contributed by atoms with Crippen molar-refractivity contribution in [1.29, 1.82) is 0 Å². The molecule has 0 aliphatic carbocycles. The molecule has 3 heterocycles. The van der Waals surface area contributed by atoms with Crippen LogP contribution in [0, 0.1) is 13.8 Å². The predicted molar refractivity (Wildman–Crippen MR) is 125 cm³/mol. The van der Waals surface area contributed by atoms with Crippen molar-refractivity contribution >= 4 is 39.3 Å². The van der Waals surface area contributed by atoms with E-state index in [2.05, 4.69) is 4.98 Å². The number of nitrogens with zero attached hydrogens (tertiary/aromatic N) is 2. The minimum atomic E-state index is -0.727. The van der Waals surface area contributed by atoms with Crippen molar-refractivity contribution in [3.8, 4) is 0 Å². The Morgan fingerprint density at radius 2 is 1.85 bits per heavy atom. The second kappa shape index (κ2) is 7.97. The smallest absolute Gasteiger partial charge is 0.350 e. The Balaban J connectivity index is 1.74. The van der Waals surface area contributed by atoms with Crippen molar-refractivity contribution in [2.45, 2.75) is 26.8 Å². The van der Waals surface area contributed by atoms with Crippen LogP contribution in [-0.2, 0) is 4.74 Å². The lowest BCUT2D eigenvalue weighted by atomic mass is 9.98. The summed E-state index contributed by atoms with van der Waals surface area (Å²) in [6.45, 7) is 5.62. The second-order valence-electron chi connectivity index (χ2n) is 7.79. The van der Waals surface area contributed by atoms with Crippen LogP contribution in [-0.4, -0.2) is 23.5 Å². The van der Waals surface area contributed by atoms with Gasteiger partial charge in [-0.25, -0.2) is 9.78 Å². The molecule has 33 heavy (non-hydrogen) atoms. The molecule has 8 heteroatoms. The molecule has 0 N–H and O–H groups in total. The number of benzene rings is 2. The first-order valence-corrected chi connectivity index (χ1v) is 11.3. The van der Waals surface area contributed by atoms with Gasteiger partial charge in [-0.05, 0) is 38.5 Å². The Labute approximate surface area is 193 Å². The summed E-state index contributed by atoms with van der Waals surface area (Å²) in [6, 6.07) is 13.8. The summed E-state index contributed by atoms with van der Waals surface area (Å²) in [5.41, 5.74) is 2.63. The third-order valence-corrected chi connectivity index (χ3v) is 6.76. The van der Waals surface area contributed by atoms with Crippen LogP contribution in [0.5, 0.6) is 0 Å². The van der Waals surface area contributed by atoms with Gasteiger partial charge in [0.15, 0.2) is 10.6 Å². The lowest BCUT2D eigenvalue weighted by molar-refractivity contribution is 0.0531. The number of anilines is 1. The number of rotatable bonds is 4. The number of carbonyl (C=O) groups excluding carboxylic acids is 2. The zero-order valence-electron chi connectivity index (χ0n) is 18.2. The van der Waals surface area contributed by atoms with Gasteiger partial charge in [-0.1, -0.05) is 53.3 Å². The Hall–Kier alpha value is -3.78. The lowest BCUT2D eigenvalue weighted by Crippen LogP contribution is -2.29. The van der Waals surface area contributed by atoms with Crippen LogP contribution in [0.3, 0.4) is 0 Å². The van der Waals surface area contributed by atoms with E-state index in [0.29, 0.717) is 26.7 Å². The van der Waals surface area contributed by atoms with Crippen LogP contribution in [0.4, 0.5) is 5.13 Å². The van der Waals surface area contributed by atoms with E-state index in [1.165, 1.54) is 4.90 Å². The van der Waals surface area contributed by atoms with Crippen LogP contribution in [0.1, 0.15) is 55.6 Å². The maximum absolute atomic E-state index is 13.6. The van der Waals surface area contributed by atoms with Crippen molar-refractivity contribution in [3.63, 3.8) is 0 Å². The summed E-state index contributed by atoms with van der Waals surface area (Å²) in [4.78, 5) is 45.8. The van der Waals surface area contributed by atoms with Gasteiger partial charge >= 0.3 is 5.97 Å². The van der Waals surface area contributed by atoms with E-state index >= 15 is 0 Å². The van der Waals surface area contributed by atoms with E-state index in [1.54, 1.807) is 38.1 Å². The molecule has 1 aliphatic rings. The molecule has 0 spiro atoms. The third-order valence-electron chi connectivity index (χ3n) is 5.62. The van der Waals surface area contributed by atoms with Crippen molar-refractivity contribution < 1.29 is 18.7 Å². The van der Waals surface area contributed by atoms with Gasteiger partial charge < -0.3 is 9.15 Å². The van der Waals surface area contributed by atoms with Gasteiger partial charge in [0.25, 0.3) is 5.91 Å². The van der Waals surface area contributed by atoms with E-state index in [4.69, 9.17) is 9.15 Å². The summed E-state index contributed by atoms with van der Waals surface area (Å²) >= 11 is 1.07. The molecule has 2 aromatic heterocycles. The number of aromatic nitrogens is 1. The number of hydrogen-bond acceptors (Lipinski definition) is 7. The molecule has 1 aliphatic heterocycles. The van der Waals surface area contributed by atoms with Crippen molar-refractivity contribution in [2.75, 3.05) is 11.5 Å².